The zero-order chi connectivity index (χ0) is 17.0. The number of aromatic nitrogens is 1. The minimum Gasteiger partial charge on any atom is -0.480 e. The summed E-state index contributed by atoms with van der Waals surface area (Å²) in [5.41, 5.74) is 1.24. The molecule has 1 atom stereocenters. The average molecular weight is 340 g/mol. The molecule has 2 rings (SSSR count). The molecule has 0 bridgehead atoms. The Kier molecular flexibility index (Phi) is 5.14. The predicted molar refractivity (Wildman–Crippen MR) is 80.1 cm³/mol. The van der Waals surface area contributed by atoms with Crippen molar-refractivity contribution in [3.63, 3.8) is 0 Å². The maximum atomic E-state index is 12.2. The van der Waals surface area contributed by atoms with Gasteiger partial charge in [-0.05, 0) is 18.6 Å². The lowest BCUT2D eigenvalue weighted by Crippen LogP contribution is -2.41. The van der Waals surface area contributed by atoms with Crippen LogP contribution in [0.3, 0.4) is 0 Å². The normalized spacial score (nSPS) is 13.0. The Morgan fingerprint density at radius 3 is 2.48 bits per heavy atom. The van der Waals surface area contributed by atoms with E-state index in [1.54, 1.807) is 19.1 Å². The standard InChI is InChI=1S/C14H16N2O6S/c1-9-15-13(8-22-9)10-2-4-11(5-3-10)23(20,21)16-12(6-7-17)14(18)19/h2-5,8,12,16-17H,6-7H2,1H3,(H,18,19)/t12-/m0/s1. The summed E-state index contributed by atoms with van der Waals surface area (Å²) >= 11 is 0. The van der Waals surface area contributed by atoms with Gasteiger partial charge in [-0.1, -0.05) is 12.1 Å². The summed E-state index contributed by atoms with van der Waals surface area (Å²) in [6, 6.07) is 4.41. The fourth-order valence-corrected chi connectivity index (χ4v) is 3.14. The topological polar surface area (TPSA) is 130 Å². The lowest BCUT2D eigenvalue weighted by molar-refractivity contribution is -0.139. The van der Waals surface area contributed by atoms with Gasteiger partial charge in [-0.25, -0.2) is 13.4 Å². The lowest BCUT2D eigenvalue weighted by atomic mass is 10.2. The predicted octanol–water partition coefficient (Wildman–Crippen LogP) is 0.764. The molecule has 23 heavy (non-hydrogen) atoms. The number of nitrogens with one attached hydrogen (secondary N) is 1. The number of nitrogens with zero attached hydrogens (tertiary/aromatic N) is 1. The molecule has 0 aliphatic heterocycles. The van der Waals surface area contributed by atoms with E-state index in [2.05, 4.69) is 9.71 Å². The summed E-state index contributed by atoms with van der Waals surface area (Å²) in [5, 5.41) is 17.8. The molecule has 0 unspecified atom stereocenters. The van der Waals surface area contributed by atoms with Crippen LogP contribution >= 0.6 is 0 Å². The van der Waals surface area contributed by atoms with Crippen molar-refractivity contribution in [3.8, 4) is 11.3 Å². The van der Waals surface area contributed by atoms with Gasteiger partial charge in [0.25, 0.3) is 0 Å². The molecule has 0 saturated heterocycles. The number of rotatable bonds is 7. The molecule has 3 N–H and O–H groups in total. The number of aliphatic carboxylic acids is 1. The van der Waals surface area contributed by atoms with Gasteiger partial charge in [0.1, 0.15) is 18.0 Å². The average Bonchev–Trinajstić information content (AvgIpc) is 2.93. The van der Waals surface area contributed by atoms with Gasteiger partial charge in [-0.2, -0.15) is 4.72 Å². The van der Waals surface area contributed by atoms with Gasteiger partial charge in [-0.15, -0.1) is 0 Å². The summed E-state index contributed by atoms with van der Waals surface area (Å²) in [6.45, 7) is 1.25. The molecule has 0 aliphatic rings. The number of sulfonamides is 1. The quantitative estimate of drug-likeness (QED) is 0.678. The minimum atomic E-state index is -4.01. The number of aliphatic hydroxyl groups excluding tert-OH is 1. The zero-order valence-corrected chi connectivity index (χ0v) is 13.1. The molecule has 0 spiro atoms. The number of carboxylic acids is 1. The summed E-state index contributed by atoms with van der Waals surface area (Å²) in [7, 11) is -4.01. The Balaban J connectivity index is 2.21. The van der Waals surface area contributed by atoms with Crippen molar-refractivity contribution in [1.29, 1.82) is 0 Å². The van der Waals surface area contributed by atoms with Crippen LogP contribution in [0.15, 0.2) is 39.8 Å². The molecule has 1 heterocycles. The maximum absolute atomic E-state index is 12.2. The van der Waals surface area contributed by atoms with E-state index in [0.717, 1.165) is 0 Å². The summed E-state index contributed by atoms with van der Waals surface area (Å²) in [5.74, 6) is -0.857. The van der Waals surface area contributed by atoms with Crippen molar-refractivity contribution in [2.24, 2.45) is 0 Å². The molecular formula is C14H16N2O6S. The first-order valence-corrected chi connectivity index (χ1v) is 8.20. The zero-order valence-electron chi connectivity index (χ0n) is 12.3. The number of carboxylic acid groups (broad SMARTS) is 1. The molecule has 124 valence electrons. The van der Waals surface area contributed by atoms with Crippen LogP contribution in [0.1, 0.15) is 12.3 Å². The number of benzene rings is 1. The third-order valence-electron chi connectivity index (χ3n) is 3.09. The maximum Gasteiger partial charge on any atom is 0.321 e. The molecule has 0 radical (unpaired) electrons. The van der Waals surface area contributed by atoms with Gasteiger partial charge in [0, 0.05) is 19.1 Å². The number of carbonyl (C=O) groups is 1. The van der Waals surface area contributed by atoms with E-state index in [0.29, 0.717) is 17.1 Å². The largest absolute Gasteiger partial charge is 0.480 e. The van der Waals surface area contributed by atoms with Crippen LogP contribution in [-0.4, -0.2) is 42.2 Å². The third kappa shape index (κ3) is 4.15. The Morgan fingerprint density at radius 2 is 2.00 bits per heavy atom. The fourth-order valence-electron chi connectivity index (χ4n) is 1.92. The van der Waals surface area contributed by atoms with Crippen LogP contribution in [0.25, 0.3) is 11.3 Å². The van der Waals surface area contributed by atoms with E-state index >= 15 is 0 Å². The van der Waals surface area contributed by atoms with E-state index in [9.17, 15) is 13.2 Å². The van der Waals surface area contributed by atoms with Gasteiger partial charge in [0.15, 0.2) is 5.89 Å². The molecular weight excluding hydrogens is 324 g/mol. The highest BCUT2D eigenvalue weighted by molar-refractivity contribution is 7.89. The molecule has 0 aliphatic carbocycles. The minimum absolute atomic E-state index is 0.0781. The summed E-state index contributed by atoms with van der Waals surface area (Å²) < 4.78 is 31.5. The van der Waals surface area contributed by atoms with Crippen molar-refractivity contribution in [2.45, 2.75) is 24.3 Å². The van der Waals surface area contributed by atoms with Crippen LogP contribution in [0.5, 0.6) is 0 Å². The number of aliphatic hydroxyl groups is 1. The molecule has 0 saturated carbocycles. The molecule has 1 aromatic carbocycles. The second-order valence-corrected chi connectivity index (χ2v) is 6.51. The molecule has 0 amide bonds. The summed E-state index contributed by atoms with van der Waals surface area (Å²) in [6.07, 6.45) is 1.24. The Labute approximate surface area is 132 Å². The van der Waals surface area contributed by atoms with Crippen molar-refractivity contribution in [3.05, 3.63) is 36.4 Å². The van der Waals surface area contributed by atoms with E-state index in [4.69, 9.17) is 14.6 Å². The third-order valence-corrected chi connectivity index (χ3v) is 4.58. The van der Waals surface area contributed by atoms with Crippen LogP contribution < -0.4 is 4.72 Å². The van der Waals surface area contributed by atoms with E-state index in [-0.39, 0.29) is 11.3 Å². The Hall–Kier alpha value is -2.23. The van der Waals surface area contributed by atoms with Gasteiger partial charge >= 0.3 is 5.97 Å². The highest BCUT2D eigenvalue weighted by Gasteiger charge is 2.24. The lowest BCUT2D eigenvalue weighted by Gasteiger charge is -2.13. The number of hydrogen-bond donors (Lipinski definition) is 3. The van der Waals surface area contributed by atoms with Gasteiger partial charge in [-0.3, -0.25) is 4.79 Å². The number of aryl methyl sites for hydroxylation is 1. The number of hydrogen-bond acceptors (Lipinski definition) is 6. The van der Waals surface area contributed by atoms with Crippen LogP contribution in [0.2, 0.25) is 0 Å². The Bertz CT molecular complexity index is 782. The molecule has 0 fully saturated rings. The number of oxazole rings is 1. The first-order chi connectivity index (χ1) is 10.8. The Morgan fingerprint density at radius 1 is 1.35 bits per heavy atom. The smallest absolute Gasteiger partial charge is 0.321 e. The highest BCUT2D eigenvalue weighted by atomic mass is 32.2. The molecule has 2 aromatic rings. The summed E-state index contributed by atoms with van der Waals surface area (Å²) in [4.78, 5) is 15.0. The molecule has 1 aromatic heterocycles. The van der Waals surface area contributed by atoms with Crippen molar-refractivity contribution in [1.82, 2.24) is 9.71 Å². The second-order valence-electron chi connectivity index (χ2n) is 4.80. The van der Waals surface area contributed by atoms with Crippen molar-refractivity contribution < 1.29 is 27.8 Å². The second kappa shape index (κ2) is 6.90. The first-order valence-electron chi connectivity index (χ1n) is 6.72. The monoisotopic (exact) mass is 340 g/mol. The fraction of sp³-hybridized carbons (Fsp3) is 0.286. The van der Waals surface area contributed by atoms with Gasteiger partial charge < -0.3 is 14.6 Å². The van der Waals surface area contributed by atoms with E-state index < -0.39 is 28.6 Å². The molecule has 9 heteroatoms. The molecule has 8 nitrogen and oxygen atoms in total. The van der Waals surface area contributed by atoms with E-state index in [1.165, 1.54) is 18.4 Å². The van der Waals surface area contributed by atoms with Gasteiger partial charge in [0.05, 0.1) is 4.90 Å². The van der Waals surface area contributed by atoms with E-state index in [1.807, 2.05) is 0 Å². The highest BCUT2D eigenvalue weighted by Crippen LogP contribution is 2.20. The van der Waals surface area contributed by atoms with Crippen molar-refractivity contribution >= 4 is 16.0 Å². The van der Waals surface area contributed by atoms with Gasteiger partial charge in [0.2, 0.25) is 10.0 Å². The SMILES string of the molecule is Cc1nc(-c2ccc(S(=O)(=O)N[C@@H](CCO)C(=O)O)cc2)co1. The van der Waals surface area contributed by atoms with Crippen LogP contribution in [0, 0.1) is 6.92 Å². The van der Waals surface area contributed by atoms with Crippen LogP contribution in [0.4, 0.5) is 0 Å². The van der Waals surface area contributed by atoms with Crippen molar-refractivity contribution in [2.75, 3.05) is 6.61 Å². The first kappa shape index (κ1) is 17.1. The van der Waals surface area contributed by atoms with Crippen LogP contribution in [-0.2, 0) is 14.8 Å².